The van der Waals surface area contributed by atoms with Crippen LogP contribution in [0, 0.1) is 0 Å². The molecule has 0 saturated heterocycles. The van der Waals surface area contributed by atoms with Gasteiger partial charge in [0.25, 0.3) is 0 Å². The Kier molecular flexibility index (Phi) is 12.6. The van der Waals surface area contributed by atoms with Gasteiger partial charge in [-0.2, -0.15) is 0 Å². The van der Waals surface area contributed by atoms with Gasteiger partial charge < -0.3 is 19.3 Å². The van der Waals surface area contributed by atoms with E-state index in [1.165, 1.54) is 43.8 Å². The van der Waals surface area contributed by atoms with Crippen LogP contribution >= 0.6 is 0 Å². The Morgan fingerprint density at radius 1 is 0.486 bits per heavy atom. The largest absolute Gasteiger partial charge is 0.507 e. The van der Waals surface area contributed by atoms with Gasteiger partial charge in [-0.15, -0.1) is 0 Å². The van der Waals surface area contributed by atoms with Crippen LogP contribution in [0.25, 0.3) is 88.1 Å². The number of phenolic OH excluding ortho intramolecular Hbond substituents is 2. The van der Waals surface area contributed by atoms with Crippen molar-refractivity contribution in [2.75, 3.05) is 0 Å². The molecule has 11 rings (SSSR count). The van der Waals surface area contributed by atoms with Gasteiger partial charge in [-0.1, -0.05) is 143 Å². The fourth-order valence-electron chi connectivity index (χ4n) is 10.6. The van der Waals surface area contributed by atoms with Crippen molar-refractivity contribution in [3.63, 3.8) is 0 Å². The van der Waals surface area contributed by atoms with Crippen LogP contribution in [0.2, 0.25) is 0 Å². The van der Waals surface area contributed by atoms with Crippen molar-refractivity contribution in [3.8, 4) is 45.3 Å². The first-order valence-electron chi connectivity index (χ1n) is 25.6. The molecular formula is C67H64N4O2Pt. The van der Waals surface area contributed by atoms with Gasteiger partial charge in [0.2, 0.25) is 0 Å². The Hall–Kier alpha value is -7.27. The van der Waals surface area contributed by atoms with Crippen molar-refractivity contribution >= 4 is 66.3 Å². The van der Waals surface area contributed by atoms with Crippen LogP contribution < -0.4 is 0 Å². The molecule has 2 N–H and O–H groups in total. The van der Waals surface area contributed by atoms with Crippen molar-refractivity contribution in [2.45, 2.75) is 98.3 Å². The van der Waals surface area contributed by atoms with Crippen LogP contribution in [0.15, 0.2) is 169 Å². The number of aromatic hydroxyl groups is 2. The zero-order chi connectivity index (χ0) is 51.3. The minimum Gasteiger partial charge on any atom is -0.507 e. The maximum Gasteiger partial charge on any atom is 0.127 e. The first kappa shape index (κ1) is 50.3. The summed E-state index contributed by atoms with van der Waals surface area (Å²) in [6.45, 7) is 24.8. The molecule has 3 heterocycles. The fourth-order valence-corrected chi connectivity index (χ4v) is 10.6. The molecule has 374 valence electrons. The molecule has 0 aliphatic carbocycles. The summed E-state index contributed by atoms with van der Waals surface area (Å²) in [6, 6.07) is 57.2. The number of hydrogen-bond acceptors (Lipinski definition) is 4. The Bertz CT molecular complexity index is 3950. The summed E-state index contributed by atoms with van der Waals surface area (Å²) in [5, 5.41) is 30.4. The molecule has 6 nitrogen and oxygen atoms in total. The number of benzene rings is 8. The Morgan fingerprint density at radius 2 is 1.01 bits per heavy atom. The standard InChI is InChI=1S/C67H64N4O2.Pt/c1-40(2)42-20-26-58-52(32-42)53-34-45(65(3,4)5)21-27-59(53)70(58)49-24-25-51(62(72)37-49)57-33-44(41-16-13-12-14-17-41)30-48(69-57)39-68-56-19-15-18-43-31-50(38-63(73)64(43)56)71-60-28-22-46(66(6,7)8)35-54(60)55-36-47(67(9,10)11)23-29-61(55)71;/h12-40,72-73H,1-11H3;. The van der Waals surface area contributed by atoms with E-state index in [1.807, 2.05) is 66.7 Å². The van der Waals surface area contributed by atoms with Crippen LogP contribution in [-0.2, 0) is 37.3 Å². The van der Waals surface area contributed by atoms with Crippen LogP contribution in [-0.4, -0.2) is 30.5 Å². The van der Waals surface area contributed by atoms with Crippen molar-refractivity contribution < 1.29 is 31.3 Å². The third-order valence-electron chi connectivity index (χ3n) is 14.8. The first-order valence-corrected chi connectivity index (χ1v) is 25.6. The molecule has 0 atom stereocenters. The average Bonchev–Trinajstić information content (AvgIpc) is 3.86. The molecule has 7 heteroatoms. The second kappa shape index (κ2) is 18.6. The van der Waals surface area contributed by atoms with Gasteiger partial charge in [0.1, 0.15) is 11.5 Å². The van der Waals surface area contributed by atoms with Crippen LogP contribution in [0.1, 0.15) is 110 Å². The summed E-state index contributed by atoms with van der Waals surface area (Å²) in [6.07, 6.45) is 1.76. The number of pyridine rings is 1. The molecule has 0 saturated carbocycles. The van der Waals surface area contributed by atoms with E-state index >= 15 is 0 Å². The number of rotatable bonds is 7. The summed E-state index contributed by atoms with van der Waals surface area (Å²) in [5.41, 5.74) is 15.6. The van der Waals surface area contributed by atoms with Gasteiger partial charge in [0, 0.05) is 71.4 Å². The number of aliphatic imine (C=N–C) groups is 1. The van der Waals surface area contributed by atoms with Gasteiger partial charge in [0.15, 0.2) is 0 Å². The minimum atomic E-state index is -0.0132. The van der Waals surface area contributed by atoms with E-state index in [9.17, 15) is 10.2 Å². The number of aromatic nitrogens is 3. The van der Waals surface area contributed by atoms with Gasteiger partial charge in [-0.3, -0.25) is 4.99 Å². The van der Waals surface area contributed by atoms with E-state index in [4.69, 9.17) is 9.98 Å². The molecule has 0 radical (unpaired) electrons. The molecule has 8 aromatic carbocycles. The van der Waals surface area contributed by atoms with Crippen molar-refractivity contribution in [1.82, 2.24) is 14.1 Å². The quantitative estimate of drug-likeness (QED) is 0.156. The summed E-state index contributed by atoms with van der Waals surface area (Å²) >= 11 is 0. The summed E-state index contributed by atoms with van der Waals surface area (Å²) in [7, 11) is 0. The summed E-state index contributed by atoms with van der Waals surface area (Å²) in [4.78, 5) is 10.2. The van der Waals surface area contributed by atoms with Crippen molar-refractivity contribution in [3.05, 3.63) is 192 Å². The number of hydrogen-bond donors (Lipinski definition) is 2. The molecule has 0 unspecified atom stereocenters. The number of fused-ring (bicyclic) bond motifs is 7. The second-order valence-corrected chi connectivity index (χ2v) is 23.4. The molecule has 0 aliphatic rings. The van der Waals surface area contributed by atoms with Gasteiger partial charge >= 0.3 is 0 Å². The van der Waals surface area contributed by atoms with Crippen molar-refractivity contribution in [1.29, 1.82) is 0 Å². The fraction of sp³-hybridized carbons (Fsp3) is 0.224. The van der Waals surface area contributed by atoms with Gasteiger partial charge in [-0.05, 0) is 146 Å². The van der Waals surface area contributed by atoms with E-state index in [2.05, 4.69) is 182 Å². The molecular weight excluding hydrogens is 1090 g/mol. The van der Waals surface area contributed by atoms with E-state index in [1.54, 1.807) is 6.21 Å². The molecule has 0 amide bonds. The first-order chi connectivity index (χ1) is 34.7. The van der Waals surface area contributed by atoms with Crippen LogP contribution in [0.5, 0.6) is 11.5 Å². The van der Waals surface area contributed by atoms with E-state index in [0.717, 1.165) is 50.0 Å². The van der Waals surface area contributed by atoms with E-state index in [-0.39, 0.29) is 48.8 Å². The molecule has 0 aliphatic heterocycles. The average molecular weight is 1150 g/mol. The predicted molar refractivity (Wildman–Crippen MR) is 309 cm³/mol. The topological polar surface area (TPSA) is 75.6 Å². The monoisotopic (exact) mass is 1150 g/mol. The normalized spacial score (nSPS) is 12.6. The van der Waals surface area contributed by atoms with Crippen LogP contribution in [0.3, 0.4) is 0 Å². The van der Waals surface area contributed by atoms with Crippen molar-refractivity contribution in [2.24, 2.45) is 4.99 Å². The Labute approximate surface area is 449 Å². The third kappa shape index (κ3) is 9.02. The molecule has 11 aromatic rings. The van der Waals surface area contributed by atoms with E-state index in [0.29, 0.717) is 33.9 Å². The zero-order valence-electron chi connectivity index (χ0n) is 44.2. The summed E-state index contributed by atoms with van der Waals surface area (Å²) in [5.74, 6) is 0.658. The molecule has 0 bridgehead atoms. The van der Waals surface area contributed by atoms with Crippen LogP contribution in [0.4, 0.5) is 5.69 Å². The maximum absolute atomic E-state index is 12.0. The smallest absolute Gasteiger partial charge is 0.127 e. The molecule has 0 fully saturated rings. The van der Waals surface area contributed by atoms with Gasteiger partial charge in [-0.25, -0.2) is 4.98 Å². The summed E-state index contributed by atoms with van der Waals surface area (Å²) < 4.78 is 4.53. The predicted octanol–water partition coefficient (Wildman–Crippen LogP) is 17.9. The Morgan fingerprint density at radius 3 is 1.55 bits per heavy atom. The molecule has 74 heavy (non-hydrogen) atoms. The molecule has 3 aromatic heterocycles. The number of phenols is 2. The Balaban J connectivity index is 0.00000626. The maximum atomic E-state index is 12.0. The molecule has 0 spiro atoms. The second-order valence-electron chi connectivity index (χ2n) is 23.4. The minimum absolute atomic E-state index is 0. The number of nitrogens with zero attached hydrogens (tertiary/aromatic N) is 4. The van der Waals surface area contributed by atoms with E-state index < -0.39 is 0 Å². The SMILES string of the molecule is CC(C)c1ccc2c(c1)c1cc(C(C)(C)C)ccc1n2-c1ccc(-c2cc(-c3ccccc3)cc(C=Nc3cccc4cc(-n5c6ccc(C(C)(C)C)cc6c6cc(C(C)(C)C)ccc65)cc(O)c34)n2)c(O)c1.[Pt]. The third-order valence-corrected chi connectivity index (χ3v) is 14.8. The zero-order valence-corrected chi connectivity index (χ0v) is 46.5. The van der Waals surface area contributed by atoms with Gasteiger partial charge in [0.05, 0.1) is 51.0 Å².